The van der Waals surface area contributed by atoms with Gasteiger partial charge in [0.1, 0.15) is 5.00 Å². The second-order valence-corrected chi connectivity index (χ2v) is 9.60. The van der Waals surface area contributed by atoms with Crippen molar-refractivity contribution < 1.29 is 33.4 Å². The number of amides is 3. The molecular weight excluding hydrogens is 486 g/mol. The zero-order valence-corrected chi connectivity index (χ0v) is 21.7. The molecule has 3 rings (SSSR count). The molecule has 0 radical (unpaired) electrons. The topological polar surface area (TPSA) is 122 Å². The van der Waals surface area contributed by atoms with Gasteiger partial charge in [0, 0.05) is 32.7 Å². The fraction of sp³-hybridized carbons (Fsp3) is 0.400. The third-order valence-electron chi connectivity index (χ3n) is 5.63. The summed E-state index contributed by atoms with van der Waals surface area (Å²) in [4.78, 5) is 65.7. The first-order valence-corrected chi connectivity index (χ1v) is 12.2. The molecule has 1 fully saturated rings. The summed E-state index contributed by atoms with van der Waals surface area (Å²) in [6.07, 6.45) is -0.0124. The number of carbonyl (C=O) groups is 5. The van der Waals surface area contributed by atoms with Crippen LogP contribution in [-0.4, -0.2) is 68.4 Å². The number of nitrogens with zero attached hydrogens (tertiary/aromatic N) is 2. The second kappa shape index (κ2) is 11.3. The minimum Gasteiger partial charge on any atom is -0.462 e. The predicted octanol–water partition coefficient (Wildman–Crippen LogP) is 2.78. The molecule has 3 amide bonds. The number of hydrogen-bond acceptors (Lipinski definition) is 8. The largest absolute Gasteiger partial charge is 0.462 e. The maximum absolute atomic E-state index is 12.6. The Morgan fingerprint density at radius 1 is 1.11 bits per heavy atom. The minimum atomic E-state index is -0.699. The highest BCUT2D eigenvalue weighted by Gasteiger charge is 2.36. The number of thiophene rings is 1. The van der Waals surface area contributed by atoms with Crippen LogP contribution in [0, 0.1) is 19.8 Å². The average molecular weight is 516 g/mol. The molecule has 0 saturated carbocycles. The van der Waals surface area contributed by atoms with E-state index >= 15 is 0 Å². The minimum absolute atomic E-state index is 0.0124. The van der Waals surface area contributed by atoms with Crippen molar-refractivity contribution in [1.82, 2.24) is 4.90 Å². The quantitative estimate of drug-likeness (QED) is 0.537. The molecule has 0 aliphatic carbocycles. The molecule has 0 bridgehead atoms. The van der Waals surface area contributed by atoms with Crippen molar-refractivity contribution in [2.75, 3.05) is 44.1 Å². The Balaban J connectivity index is 1.65. The lowest BCUT2D eigenvalue weighted by molar-refractivity contribution is -0.151. The van der Waals surface area contributed by atoms with E-state index in [2.05, 4.69) is 5.32 Å². The smallest absolute Gasteiger partial charge is 0.341 e. The molecule has 0 spiro atoms. The van der Waals surface area contributed by atoms with Crippen LogP contribution in [0.15, 0.2) is 24.3 Å². The van der Waals surface area contributed by atoms with Crippen LogP contribution in [0.3, 0.4) is 0 Å². The molecule has 10 nitrogen and oxygen atoms in total. The molecular formula is C25H29N3O7S. The van der Waals surface area contributed by atoms with Crippen LogP contribution in [0.4, 0.5) is 10.7 Å². The Morgan fingerprint density at radius 3 is 2.39 bits per heavy atom. The van der Waals surface area contributed by atoms with E-state index in [0.717, 1.165) is 16.9 Å². The van der Waals surface area contributed by atoms with Gasteiger partial charge in [-0.15, -0.1) is 11.3 Å². The van der Waals surface area contributed by atoms with Gasteiger partial charge in [-0.25, -0.2) is 4.79 Å². The maximum Gasteiger partial charge on any atom is 0.341 e. The molecule has 36 heavy (non-hydrogen) atoms. The van der Waals surface area contributed by atoms with Gasteiger partial charge < -0.3 is 24.6 Å². The molecule has 1 aliphatic rings. The van der Waals surface area contributed by atoms with Gasteiger partial charge in [-0.3, -0.25) is 19.2 Å². The van der Waals surface area contributed by atoms with Crippen molar-refractivity contribution in [1.29, 1.82) is 0 Å². The molecule has 1 atom stereocenters. The van der Waals surface area contributed by atoms with Gasteiger partial charge in [-0.1, -0.05) is 17.7 Å². The summed E-state index contributed by atoms with van der Waals surface area (Å²) < 4.78 is 10.2. The van der Waals surface area contributed by atoms with Crippen LogP contribution in [0.5, 0.6) is 0 Å². The van der Waals surface area contributed by atoms with E-state index in [0.29, 0.717) is 11.3 Å². The Bertz CT molecular complexity index is 1190. The highest BCUT2D eigenvalue weighted by atomic mass is 32.1. The SMILES string of the molecule is CCOC(=O)c1c(NC(=O)COC(=O)C2CC(=O)N(c3ccc(C)cc3)C2)sc(C(=O)N(C)C)c1C. The Kier molecular flexibility index (Phi) is 8.46. The number of nitrogens with one attached hydrogen (secondary N) is 1. The fourth-order valence-corrected chi connectivity index (χ4v) is 4.95. The Labute approximate surface area is 213 Å². The molecule has 1 N–H and O–H groups in total. The molecule has 1 aromatic carbocycles. The summed E-state index contributed by atoms with van der Waals surface area (Å²) in [7, 11) is 3.16. The van der Waals surface area contributed by atoms with E-state index in [9.17, 15) is 24.0 Å². The van der Waals surface area contributed by atoms with Crippen LogP contribution in [-0.2, 0) is 23.9 Å². The van der Waals surface area contributed by atoms with Crippen molar-refractivity contribution >= 4 is 51.7 Å². The third-order valence-corrected chi connectivity index (χ3v) is 6.82. The van der Waals surface area contributed by atoms with E-state index in [1.54, 1.807) is 27.9 Å². The van der Waals surface area contributed by atoms with Gasteiger partial charge in [0.05, 0.1) is 23.0 Å². The number of benzene rings is 1. The fourth-order valence-electron chi connectivity index (χ4n) is 3.71. The van der Waals surface area contributed by atoms with Crippen LogP contribution >= 0.6 is 11.3 Å². The van der Waals surface area contributed by atoms with E-state index in [4.69, 9.17) is 9.47 Å². The molecule has 1 aliphatic heterocycles. The first kappa shape index (κ1) is 26.9. The molecule has 2 aromatic rings. The van der Waals surface area contributed by atoms with E-state index in [1.165, 1.54) is 9.80 Å². The van der Waals surface area contributed by atoms with E-state index < -0.39 is 30.4 Å². The highest BCUT2D eigenvalue weighted by Crippen LogP contribution is 2.34. The number of aryl methyl sites for hydroxylation is 1. The maximum atomic E-state index is 12.6. The highest BCUT2D eigenvalue weighted by molar-refractivity contribution is 7.18. The molecule has 1 unspecified atom stereocenters. The molecule has 2 heterocycles. The van der Waals surface area contributed by atoms with Crippen molar-refractivity contribution in [3.8, 4) is 0 Å². The van der Waals surface area contributed by atoms with Crippen LogP contribution in [0.2, 0.25) is 0 Å². The molecule has 11 heteroatoms. The number of anilines is 2. The zero-order valence-electron chi connectivity index (χ0n) is 20.9. The predicted molar refractivity (Wildman–Crippen MR) is 134 cm³/mol. The van der Waals surface area contributed by atoms with Crippen LogP contribution in [0.25, 0.3) is 0 Å². The van der Waals surface area contributed by atoms with Gasteiger partial charge in [0.25, 0.3) is 11.8 Å². The standard InChI is InChI=1S/C25H29N3O7S/c1-6-34-25(33)20-15(3)21(23(31)27(4)5)36-22(20)26-18(29)13-35-24(32)16-11-19(30)28(12-16)17-9-7-14(2)8-10-17/h7-10,16H,6,11-13H2,1-5H3,(H,26,29). The number of ether oxygens (including phenoxy) is 2. The van der Waals surface area contributed by atoms with Crippen molar-refractivity contribution in [3.05, 3.63) is 45.8 Å². The van der Waals surface area contributed by atoms with Gasteiger partial charge in [-0.05, 0) is 38.5 Å². The van der Waals surface area contributed by atoms with Crippen molar-refractivity contribution in [3.63, 3.8) is 0 Å². The zero-order chi connectivity index (χ0) is 26.6. The van der Waals surface area contributed by atoms with Gasteiger partial charge in [-0.2, -0.15) is 0 Å². The number of rotatable bonds is 8. The lowest BCUT2D eigenvalue weighted by atomic mass is 10.1. The lowest BCUT2D eigenvalue weighted by Gasteiger charge is -2.16. The average Bonchev–Trinajstić information content (AvgIpc) is 3.37. The lowest BCUT2D eigenvalue weighted by Crippen LogP contribution is -2.28. The van der Waals surface area contributed by atoms with Crippen molar-refractivity contribution in [2.45, 2.75) is 27.2 Å². The summed E-state index contributed by atoms with van der Waals surface area (Å²) in [6.45, 7) is 4.87. The van der Waals surface area contributed by atoms with E-state index in [-0.39, 0.29) is 46.8 Å². The monoisotopic (exact) mass is 515 g/mol. The number of hydrogen-bond donors (Lipinski definition) is 1. The summed E-state index contributed by atoms with van der Waals surface area (Å²) in [5, 5.41) is 2.69. The molecule has 1 aromatic heterocycles. The Morgan fingerprint density at radius 2 is 1.78 bits per heavy atom. The van der Waals surface area contributed by atoms with Crippen LogP contribution < -0.4 is 10.2 Å². The third kappa shape index (κ3) is 5.91. The summed E-state index contributed by atoms with van der Waals surface area (Å²) in [5.41, 5.74) is 2.23. The van der Waals surface area contributed by atoms with Crippen LogP contribution in [0.1, 0.15) is 44.5 Å². The van der Waals surface area contributed by atoms with Gasteiger partial charge >= 0.3 is 11.9 Å². The van der Waals surface area contributed by atoms with E-state index in [1.807, 2.05) is 31.2 Å². The van der Waals surface area contributed by atoms with Crippen molar-refractivity contribution in [2.24, 2.45) is 5.92 Å². The summed E-state index contributed by atoms with van der Waals surface area (Å²) in [5.74, 6) is -3.23. The second-order valence-electron chi connectivity index (χ2n) is 8.58. The normalized spacial score (nSPS) is 15.0. The Hall–Kier alpha value is -3.73. The summed E-state index contributed by atoms with van der Waals surface area (Å²) >= 11 is 0.948. The first-order chi connectivity index (χ1) is 17.0. The first-order valence-electron chi connectivity index (χ1n) is 11.4. The van der Waals surface area contributed by atoms with Gasteiger partial charge in [0.15, 0.2) is 6.61 Å². The summed E-state index contributed by atoms with van der Waals surface area (Å²) in [6, 6.07) is 7.39. The van der Waals surface area contributed by atoms with Gasteiger partial charge in [0.2, 0.25) is 5.91 Å². The molecule has 192 valence electrons. The number of esters is 2. The molecule has 1 saturated heterocycles. The number of carbonyl (C=O) groups excluding carboxylic acids is 5.